The van der Waals surface area contributed by atoms with Gasteiger partial charge in [0.15, 0.2) is 0 Å². The average Bonchev–Trinajstić information content (AvgIpc) is 2.91. The molecule has 1 aromatic heterocycles. The van der Waals surface area contributed by atoms with Crippen molar-refractivity contribution < 1.29 is 14.3 Å². The molecule has 1 fully saturated rings. The average molecular weight is 301 g/mol. The Morgan fingerprint density at radius 3 is 2.59 bits per heavy atom. The highest BCUT2D eigenvalue weighted by molar-refractivity contribution is 6.00. The van der Waals surface area contributed by atoms with Crippen molar-refractivity contribution in [3.8, 4) is 5.75 Å². The molecule has 1 saturated heterocycles. The lowest BCUT2D eigenvalue weighted by Crippen LogP contribution is -2.48. The zero-order valence-corrected chi connectivity index (χ0v) is 12.8. The van der Waals surface area contributed by atoms with Crippen molar-refractivity contribution in [3.63, 3.8) is 0 Å². The Hall–Kier alpha value is -2.50. The van der Waals surface area contributed by atoms with Gasteiger partial charge in [-0.05, 0) is 18.2 Å². The maximum atomic E-state index is 12.7. The lowest BCUT2D eigenvalue weighted by atomic mass is 10.2. The van der Waals surface area contributed by atoms with Gasteiger partial charge in [0, 0.05) is 38.6 Å². The number of aryl methyl sites for hydroxylation is 1. The second kappa shape index (κ2) is 5.71. The molecule has 0 atom stereocenters. The van der Waals surface area contributed by atoms with Crippen molar-refractivity contribution in [3.05, 3.63) is 30.0 Å². The summed E-state index contributed by atoms with van der Waals surface area (Å²) in [5.74, 6) is 0.754. The molecule has 6 heteroatoms. The minimum absolute atomic E-state index is 0.00805. The molecule has 0 saturated carbocycles. The molecule has 0 aliphatic carbocycles. The Labute approximate surface area is 128 Å². The van der Waals surface area contributed by atoms with Gasteiger partial charge in [0.1, 0.15) is 11.4 Å². The molecule has 1 aromatic carbocycles. The number of aromatic nitrogens is 1. The highest BCUT2D eigenvalue weighted by Crippen LogP contribution is 2.28. The molecule has 1 aliphatic heterocycles. The van der Waals surface area contributed by atoms with E-state index in [1.54, 1.807) is 16.9 Å². The first-order valence-corrected chi connectivity index (χ1v) is 7.26. The number of carbonyl (C=O) groups excluding carboxylic acids is 2. The van der Waals surface area contributed by atoms with Crippen LogP contribution in [-0.2, 0) is 11.8 Å². The Balaban J connectivity index is 1.91. The van der Waals surface area contributed by atoms with Crippen molar-refractivity contribution >= 4 is 23.2 Å². The Morgan fingerprint density at radius 2 is 1.95 bits per heavy atom. The minimum Gasteiger partial charge on any atom is -0.496 e. The van der Waals surface area contributed by atoms with Crippen molar-refractivity contribution in [1.82, 2.24) is 14.4 Å². The van der Waals surface area contributed by atoms with E-state index in [0.717, 1.165) is 23.1 Å². The predicted molar refractivity (Wildman–Crippen MR) is 83.0 cm³/mol. The Bertz CT molecular complexity index is 715. The number of ether oxygens (including phenoxy) is 1. The molecule has 0 bridgehead atoms. The van der Waals surface area contributed by atoms with Crippen LogP contribution in [0.3, 0.4) is 0 Å². The minimum atomic E-state index is -0.00805. The van der Waals surface area contributed by atoms with Crippen LogP contribution >= 0.6 is 0 Å². The van der Waals surface area contributed by atoms with Gasteiger partial charge in [-0.2, -0.15) is 0 Å². The molecule has 2 heterocycles. The van der Waals surface area contributed by atoms with Crippen LogP contribution in [0.5, 0.6) is 5.75 Å². The predicted octanol–water partition coefficient (Wildman–Crippen LogP) is 1.10. The third-order valence-electron chi connectivity index (χ3n) is 4.24. The van der Waals surface area contributed by atoms with Gasteiger partial charge >= 0.3 is 0 Å². The molecule has 0 N–H and O–H groups in total. The van der Waals surface area contributed by atoms with Crippen LogP contribution < -0.4 is 4.74 Å². The van der Waals surface area contributed by atoms with E-state index in [4.69, 9.17) is 4.74 Å². The van der Waals surface area contributed by atoms with Gasteiger partial charge in [-0.1, -0.05) is 6.07 Å². The lowest BCUT2D eigenvalue weighted by molar-refractivity contribution is -0.119. The van der Waals surface area contributed by atoms with Gasteiger partial charge in [0.05, 0.1) is 12.6 Å². The zero-order valence-electron chi connectivity index (χ0n) is 12.8. The number of amides is 2. The summed E-state index contributed by atoms with van der Waals surface area (Å²) >= 11 is 0. The molecular weight excluding hydrogens is 282 g/mol. The summed E-state index contributed by atoms with van der Waals surface area (Å²) in [6, 6.07) is 7.65. The van der Waals surface area contributed by atoms with E-state index < -0.39 is 0 Å². The number of piperazine rings is 1. The number of benzene rings is 1. The maximum Gasteiger partial charge on any atom is 0.270 e. The van der Waals surface area contributed by atoms with Crippen LogP contribution in [-0.4, -0.2) is 60.0 Å². The fourth-order valence-corrected chi connectivity index (χ4v) is 2.91. The summed E-state index contributed by atoms with van der Waals surface area (Å²) in [5.41, 5.74) is 1.60. The molecule has 3 rings (SSSR count). The van der Waals surface area contributed by atoms with E-state index in [1.807, 2.05) is 35.9 Å². The molecular formula is C16H19N3O3. The number of carbonyl (C=O) groups is 2. The van der Waals surface area contributed by atoms with E-state index in [0.29, 0.717) is 31.9 Å². The summed E-state index contributed by atoms with van der Waals surface area (Å²) in [4.78, 5) is 27.0. The van der Waals surface area contributed by atoms with Crippen molar-refractivity contribution in [1.29, 1.82) is 0 Å². The quantitative estimate of drug-likeness (QED) is 0.798. The first-order chi connectivity index (χ1) is 10.7. The summed E-state index contributed by atoms with van der Waals surface area (Å²) in [5, 5.41) is 0.933. The largest absolute Gasteiger partial charge is 0.496 e. The number of fused-ring (bicyclic) bond motifs is 1. The topological polar surface area (TPSA) is 54.8 Å². The van der Waals surface area contributed by atoms with Gasteiger partial charge in [-0.3, -0.25) is 9.59 Å². The molecule has 0 radical (unpaired) electrons. The van der Waals surface area contributed by atoms with Crippen LogP contribution in [0, 0.1) is 0 Å². The Morgan fingerprint density at radius 1 is 1.23 bits per heavy atom. The fraction of sp³-hybridized carbons (Fsp3) is 0.375. The summed E-state index contributed by atoms with van der Waals surface area (Å²) < 4.78 is 7.26. The van der Waals surface area contributed by atoms with Gasteiger partial charge in [0.25, 0.3) is 5.91 Å². The number of hydrogen-bond acceptors (Lipinski definition) is 3. The summed E-state index contributed by atoms with van der Waals surface area (Å²) in [6.07, 6.45) is 0.837. The smallest absolute Gasteiger partial charge is 0.270 e. The second-order valence-electron chi connectivity index (χ2n) is 5.42. The van der Waals surface area contributed by atoms with E-state index in [9.17, 15) is 9.59 Å². The highest BCUT2D eigenvalue weighted by Gasteiger charge is 2.24. The third-order valence-corrected chi connectivity index (χ3v) is 4.24. The van der Waals surface area contributed by atoms with Crippen LogP contribution in [0.4, 0.5) is 0 Å². The molecule has 1 aliphatic rings. The first kappa shape index (κ1) is 14.4. The normalized spacial score (nSPS) is 15.2. The van der Waals surface area contributed by atoms with Crippen molar-refractivity contribution in [2.45, 2.75) is 0 Å². The summed E-state index contributed by atoms with van der Waals surface area (Å²) in [6.45, 7) is 2.30. The number of hydrogen-bond donors (Lipinski definition) is 0. The summed E-state index contributed by atoms with van der Waals surface area (Å²) in [7, 11) is 3.51. The van der Waals surface area contributed by atoms with Crippen molar-refractivity contribution in [2.24, 2.45) is 7.05 Å². The standard InChI is InChI=1S/C16H19N3O3/c1-17-13-4-3-5-15(22-2)12(13)10-14(17)16(21)19-8-6-18(11-20)7-9-19/h3-5,10-11H,6-9H2,1-2H3. The van der Waals surface area contributed by atoms with E-state index in [1.165, 1.54) is 0 Å². The molecule has 2 aromatic rings. The van der Waals surface area contributed by atoms with E-state index >= 15 is 0 Å². The first-order valence-electron chi connectivity index (χ1n) is 7.26. The monoisotopic (exact) mass is 301 g/mol. The maximum absolute atomic E-state index is 12.7. The third kappa shape index (κ3) is 2.30. The number of nitrogens with zero attached hydrogens (tertiary/aromatic N) is 3. The number of rotatable bonds is 3. The van der Waals surface area contributed by atoms with Crippen LogP contribution in [0.25, 0.3) is 10.9 Å². The molecule has 0 unspecified atom stereocenters. The van der Waals surface area contributed by atoms with Gasteiger partial charge in [0.2, 0.25) is 6.41 Å². The van der Waals surface area contributed by atoms with Crippen LogP contribution in [0.2, 0.25) is 0 Å². The highest BCUT2D eigenvalue weighted by atomic mass is 16.5. The molecule has 116 valence electrons. The molecule has 6 nitrogen and oxygen atoms in total. The molecule has 2 amide bonds. The Kier molecular flexibility index (Phi) is 3.75. The fourth-order valence-electron chi connectivity index (χ4n) is 2.91. The van der Waals surface area contributed by atoms with E-state index in [-0.39, 0.29) is 5.91 Å². The number of methoxy groups -OCH3 is 1. The van der Waals surface area contributed by atoms with Crippen LogP contribution in [0.15, 0.2) is 24.3 Å². The van der Waals surface area contributed by atoms with Gasteiger partial charge in [-0.25, -0.2) is 0 Å². The molecule has 0 spiro atoms. The second-order valence-corrected chi connectivity index (χ2v) is 5.42. The molecule has 22 heavy (non-hydrogen) atoms. The van der Waals surface area contributed by atoms with Crippen molar-refractivity contribution in [2.75, 3.05) is 33.3 Å². The van der Waals surface area contributed by atoms with Gasteiger partial charge < -0.3 is 19.1 Å². The lowest BCUT2D eigenvalue weighted by Gasteiger charge is -2.32. The SMILES string of the molecule is COc1cccc2c1cc(C(=O)N1CCN(C=O)CC1)n2C. The zero-order chi connectivity index (χ0) is 15.7. The van der Waals surface area contributed by atoms with E-state index in [2.05, 4.69) is 0 Å². The van der Waals surface area contributed by atoms with Crippen LogP contribution in [0.1, 0.15) is 10.5 Å². The van der Waals surface area contributed by atoms with Gasteiger partial charge in [-0.15, -0.1) is 0 Å².